The van der Waals surface area contributed by atoms with Crippen LogP contribution in [0.4, 0.5) is 5.13 Å². The monoisotopic (exact) mass is 342 g/mol. The second-order valence-electron chi connectivity index (χ2n) is 4.26. The highest BCUT2D eigenvalue weighted by Gasteiger charge is 2.25. The first-order valence-corrected chi connectivity index (χ1v) is 8.23. The summed E-state index contributed by atoms with van der Waals surface area (Å²) in [6, 6.07) is 4.04. The van der Waals surface area contributed by atoms with Gasteiger partial charge >= 0.3 is 0 Å². The van der Waals surface area contributed by atoms with Crippen molar-refractivity contribution >= 4 is 49.6 Å². The fraction of sp³-hybridized carbons (Fsp3) is 0.333. The van der Waals surface area contributed by atoms with E-state index in [-0.39, 0.29) is 11.8 Å². The minimum atomic E-state index is 0.120. The van der Waals surface area contributed by atoms with Gasteiger partial charge in [0.1, 0.15) is 0 Å². The summed E-state index contributed by atoms with van der Waals surface area (Å²) in [7, 11) is 0. The highest BCUT2D eigenvalue weighted by atomic mass is 79.9. The van der Waals surface area contributed by atoms with Crippen molar-refractivity contribution in [1.82, 2.24) is 4.98 Å². The zero-order chi connectivity index (χ0) is 12.5. The molecule has 1 saturated carbocycles. The number of aromatic nitrogens is 1. The number of rotatable bonds is 3. The zero-order valence-corrected chi connectivity index (χ0v) is 12.7. The lowest BCUT2D eigenvalue weighted by molar-refractivity contribution is -0.122. The maximum Gasteiger partial charge on any atom is 0.229 e. The molecule has 6 heteroatoms. The van der Waals surface area contributed by atoms with Crippen molar-refractivity contribution in [2.75, 3.05) is 5.32 Å². The lowest BCUT2D eigenvalue weighted by atomic mass is 9.85. The van der Waals surface area contributed by atoms with Crippen LogP contribution in [-0.4, -0.2) is 10.9 Å². The molecule has 0 saturated heterocycles. The standard InChI is InChI=1S/C12H11BrN2OS2/c13-10-5-4-9(18-10)8-6-17-12(14-8)15-11(16)7-2-1-3-7/h4-7H,1-3H2,(H,14,15,16). The molecule has 0 spiro atoms. The molecule has 1 N–H and O–H groups in total. The van der Waals surface area contributed by atoms with Gasteiger partial charge in [0, 0.05) is 11.3 Å². The fourth-order valence-corrected chi connectivity index (χ4v) is 3.91. The maximum absolute atomic E-state index is 11.8. The normalized spacial score (nSPS) is 15.4. The molecule has 0 unspecified atom stereocenters. The van der Waals surface area contributed by atoms with Crippen LogP contribution in [0.5, 0.6) is 0 Å². The van der Waals surface area contributed by atoms with E-state index in [2.05, 4.69) is 26.2 Å². The molecule has 2 heterocycles. The Morgan fingerprint density at radius 1 is 1.44 bits per heavy atom. The summed E-state index contributed by atoms with van der Waals surface area (Å²) in [5, 5.41) is 5.58. The van der Waals surface area contributed by atoms with E-state index >= 15 is 0 Å². The summed E-state index contributed by atoms with van der Waals surface area (Å²) >= 11 is 6.56. The number of carbonyl (C=O) groups excluding carboxylic acids is 1. The number of amides is 1. The second kappa shape index (κ2) is 5.11. The minimum Gasteiger partial charge on any atom is -0.302 e. The third-order valence-electron chi connectivity index (χ3n) is 3.04. The number of thiophene rings is 1. The molecular formula is C12H11BrN2OS2. The van der Waals surface area contributed by atoms with Gasteiger partial charge in [-0.2, -0.15) is 0 Å². The molecule has 3 rings (SSSR count). The van der Waals surface area contributed by atoms with Crippen LogP contribution in [0, 0.1) is 5.92 Å². The van der Waals surface area contributed by atoms with Gasteiger partial charge in [0.05, 0.1) is 14.4 Å². The molecule has 0 radical (unpaired) electrons. The molecule has 1 amide bonds. The molecule has 94 valence electrons. The summed E-state index contributed by atoms with van der Waals surface area (Å²) in [5.41, 5.74) is 0.930. The van der Waals surface area contributed by atoms with Gasteiger partial charge in [0.15, 0.2) is 5.13 Å². The number of anilines is 1. The van der Waals surface area contributed by atoms with Gasteiger partial charge in [-0.15, -0.1) is 22.7 Å². The highest BCUT2D eigenvalue weighted by molar-refractivity contribution is 9.11. The van der Waals surface area contributed by atoms with Gasteiger partial charge in [0.25, 0.3) is 0 Å². The quantitative estimate of drug-likeness (QED) is 0.899. The third kappa shape index (κ3) is 2.50. The Hall–Kier alpha value is -0.720. The van der Waals surface area contributed by atoms with E-state index < -0.39 is 0 Å². The third-order valence-corrected chi connectivity index (χ3v) is 5.44. The molecule has 2 aromatic heterocycles. The second-order valence-corrected chi connectivity index (χ2v) is 7.58. The summed E-state index contributed by atoms with van der Waals surface area (Å²) in [6.07, 6.45) is 3.20. The summed E-state index contributed by atoms with van der Waals surface area (Å²) in [5.74, 6) is 0.322. The van der Waals surface area contributed by atoms with Crippen LogP contribution in [0.15, 0.2) is 21.3 Å². The number of halogens is 1. The van der Waals surface area contributed by atoms with Gasteiger partial charge in [0.2, 0.25) is 5.91 Å². The molecule has 0 aromatic carbocycles. The van der Waals surface area contributed by atoms with Crippen molar-refractivity contribution in [1.29, 1.82) is 0 Å². The predicted molar refractivity (Wildman–Crippen MR) is 79.1 cm³/mol. The molecule has 1 aliphatic rings. The fourth-order valence-electron chi connectivity index (χ4n) is 1.77. The summed E-state index contributed by atoms with van der Waals surface area (Å²) < 4.78 is 1.09. The average Bonchev–Trinajstić information content (AvgIpc) is 2.84. The Morgan fingerprint density at radius 3 is 2.89 bits per heavy atom. The van der Waals surface area contributed by atoms with Crippen molar-refractivity contribution in [3.8, 4) is 10.6 Å². The van der Waals surface area contributed by atoms with E-state index in [0.717, 1.165) is 27.2 Å². The van der Waals surface area contributed by atoms with Gasteiger partial charge in [-0.25, -0.2) is 4.98 Å². The Balaban J connectivity index is 1.71. The van der Waals surface area contributed by atoms with E-state index in [0.29, 0.717) is 5.13 Å². The van der Waals surface area contributed by atoms with Crippen molar-refractivity contribution < 1.29 is 4.79 Å². The Labute approximate surface area is 121 Å². The van der Waals surface area contributed by atoms with Crippen molar-refractivity contribution in [3.63, 3.8) is 0 Å². The summed E-state index contributed by atoms with van der Waals surface area (Å²) in [4.78, 5) is 17.4. The lowest BCUT2D eigenvalue weighted by Crippen LogP contribution is -2.27. The lowest BCUT2D eigenvalue weighted by Gasteiger charge is -2.23. The first-order chi connectivity index (χ1) is 8.72. The van der Waals surface area contributed by atoms with Gasteiger partial charge < -0.3 is 5.32 Å². The molecule has 18 heavy (non-hydrogen) atoms. The van der Waals surface area contributed by atoms with Gasteiger partial charge in [-0.3, -0.25) is 4.79 Å². The first kappa shape index (κ1) is 12.3. The molecule has 1 aliphatic carbocycles. The Morgan fingerprint density at radius 2 is 2.28 bits per heavy atom. The number of carbonyl (C=O) groups is 1. The molecule has 0 aliphatic heterocycles. The Bertz CT molecular complexity index is 574. The van der Waals surface area contributed by atoms with E-state index in [1.54, 1.807) is 11.3 Å². The van der Waals surface area contributed by atoms with Gasteiger partial charge in [-0.05, 0) is 40.9 Å². The van der Waals surface area contributed by atoms with Crippen LogP contribution >= 0.6 is 38.6 Å². The number of nitrogens with one attached hydrogen (secondary N) is 1. The molecule has 2 aromatic rings. The molecule has 1 fully saturated rings. The molecule has 0 atom stereocenters. The van der Waals surface area contributed by atoms with E-state index in [9.17, 15) is 4.79 Å². The van der Waals surface area contributed by atoms with Crippen molar-refractivity contribution in [2.45, 2.75) is 19.3 Å². The van der Waals surface area contributed by atoms with Crippen molar-refractivity contribution in [3.05, 3.63) is 21.3 Å². The first-order valence-electron chi connectivity index (χ1n) is 5.74. The zero-order valence-electron chi connectivity index (χ0n) is 9.48. The van der Waals surface area contributed by atoms with E-state index in [1.165, 1.54) is 17.8 Å². The number of nitrogens with zero attached hydrogens (tertiary/aromatic N) is 1. The predicted octanol–water partition coefficient (Wildman–Crippen LogP) is 4.37. The topological polar surface area (TPSA) is 42.0 Å². The van der Waals surface area contributed by atoms with Crippen LogP contribution in [-0.2, 0) is 4.79 Å². The average molecular weight is 343 g/mol. The van der Waals surface area contributed by atoms with Crippen LogP contribution in [0.1, 0.15) is 19.3 Å². The van der Waals surface area contributed by atoms with Crippen LogP contribution in [0.25, 0.3) is 10.6 Å². The van der Waals surface area contributed by atoms with Crippen molar-refractivity contribution in [2.24, 2.45) is 5.92 Å². The molecular weight excluding hydrogens is 332 g/mol. The van der Waals surface area contributed by atoms with Crippen LogP contribution < -0.4 is 5.32 Å². The number of thiazole rings is 1. The molecule has 0 bridgehead atoms. The number of hydrogen-bond acceptors (Lipinski definition) is 4. The van der Waals surface area contributed by atoms with Gasteiger partial charge in [-0.1, -0.05) is 6.42 Å². The van der Waals surface area contributed by atoms with E-state index in [4.69, 9.17) is 0 Å². The smallest absolute Gasteiger partial charge is 0.229 e. The maximum atomic E-state index is 11.8. The van der Waals surface area contributed by atoms with E-state index in [1.807, 2.05) is 17.5 Å². The number of hydrogen-bond donors (Lipinski definition) is 1. The Kier molecular flexibility index (Phi) is 3.50. The SMILES string of the molecule is O=C(Nc1nc(-c2ccc(Br)s2)cs1)C1CCC1. The summed E-state index contributed by atoms with van der Waals surface area (Å²) in [6.45, 7) is 0. The van der Waals surface area contributed by atoms with Crippen LogP contribution in [0.3, 0.4) is 0 Å². The minimum absolute atomic E-state index is 0.120. The van der Waals surface area contributed by atoms with Crippen LogP contribution in [0.2, 0.25) is 0 Å². The largest absolute Gasteiger partial charge is 0.302 e. The highest BCUT2D eigenvalue weighted by Crippen LogP contribution is 2.34. The molecule has 3 nitrogen and oxygen atoms in total.